The summed E-state index contributed by atoms with van der Waals surface area (Å²) in [5.74, 6) is -0.0340. The summed E-state index contributed by atoms with van der Waals surface area (Å²) >= 11 is 0. The number of aryl methyl sites for hydroxylation is 1. The molecule has 11 heteroatoms. The Labute approximate surface area is 191 Å². The molecule has 178 valence electrons. The molecule has 0 bridgehead atoms. The van der Waals surface area contributed by atoms with E-state index in [-0.39, 0.29) is 23.7 Å². The van der Waals surface area contributed by atoms with Gasteiger partial charge in [0.25, 0.3) is 0 Å². The van der Waals surface area contributed by atoms with E-state index in [9.17, 15) is 23.1 Å². The molecule has 33 heavy (non-hydrogen) atoms. The van der Waals surface area contributed by atoms with Crippen LogP contribution < -0.4 is 10.4 Å². The summed E-state index contributed by atoms with van der Waals surface area (Å²) in [5, 5.41) is 10.5. The van der Waals surface area contributed by atoms with Crippen molar-refractivity contribution in [2.45, 2.75) is 31.0 Å². The van der Waals surface area contributed by atoms with E-state index in [1.807, 2.05) is 6.92 Å². The number of carbonyl (C=O) groups is 1. The molecule has 1 N–H and O–H groups in total. The lowest BCUT2D eigenvalue weighted by molar-refractivity contribution is 0.0600. The minimum atomic E-state index is -3.69. The standard InChI is InChI=1S/C22H27N3O7S/c1-5-24-19-11-10-18(33(29,30)23(2)3)12-20(19)25(22(24)28)13-16(26)14-32-17-8-6-15(7-9-17)21(27)31-4/h6-12,16,26H,5,13-14H2,1-4H3. The molecular weight excluding hydrogens is 450 g/mol. The summed E-state index contributed by atoms with van der Waals surface area (Å²) in [6, 6.07) is 10.7. The fourth-order valence-corrected chi connectivity index (χ4v) is 4.34. The Bertz CT molecular complexity index is 1310. The average molecular weight is 478 g/mol. The maximum atomic E-state index is 12.9. The molecule has 0 aliphatic carbocycles. The minimum Gasteiger partial charge on any atom is -0.491 e. The Morgan fingerprint density at radius 2 is 1.76 bits per heavy atom. The summed E-state index contributed by atoms with van der Waals surface area (Å²) in [7, 11) is 0.464. The van der Waals surface area contributed by atoms with Crippen LogP contribution in [-0.4, -0.2) is 66.8 Å². The molecule has 0 amide bonds. The van der Waals surface area contributed by atoms with Crippen LogP contribution in [0.4, 0.5) is 0 Å². The van der Waals surface area contributed by atoms with Crippen molar-refractivity contribution in [2.75, 3.05) is 27.8 Å². The van der Waals surface area contributed by atoms with E-state index in [0.717, 1.165) is 4.31 Å². The second-order valence-corrected chi connectivity index (χ2v) is 9.71. The van der Waals surface area contributed by atoms with Crippen molar-refractivity contribution < 1.29 is 27.8 Å². The van der Waals surface area contributed by atoms with Gasteiger partial charge < -0.3 is 14.6 Å². The first kappa shape index (κ1) is 24.5. The lowest BCUT2D eigenvalue weighted by atomic mass is 10.2. The van der Waals surface area contributed by atoms with Gasteiger partial charge in [-0.05, 0) is 49.4 Å². The third-order valence-corrected chi connectivity index (χ3v) is 7.01. The molecule has 1 heterocycles. The molecular formula is C22H27N3O7S. The summed E-state index contributed by atoms with van der Waals surface area (Å²) in [4.78, 5) is 24.5. The van der Waals surface area contributed by atoms with Gasteiger partial charge in [-0.2, -0.15) is 0 Å². The van der Waals surface area contributed by atoms with Gasteiger partial charge in [0.05, 0.1) is 35.1 Å². The Morgan fingerprint density at radius 3 is 2.33 bits per heavy atom. The highest BCUT2D eigenvalue weighted by Gasteiger charge is 2.21. The van der Waals surface area contributed by atoms with Gasteiger partial charge in [-0.15, -0.1) is 0 Å². The Balaban J connectivity index is 1.84. The number of sulfonamides is 1. The van der Waals surface area contributed by atoms with Crippen LogP contribution >= 0.6 is 0 Å². The first-order valence-electron chi connectivity index (χ1n) is 10.2. The van der Waals surface area contributed by atoms with Gasteiger partial charge in [0.2, 0.25) is 10.0 Å². The fraction of sp³-hybridized carbons (Fsp3) is 0.364. The van der Waals surface area contributed by atoms with Crippen molar-refractivity contribution in [1.29, 1.82) is 0 Å². The Kier molecular flexibility index (Phi) is 7.25. The number of benzene rings is 2. The normalized spacial score (nSPS) is 12.8. The van der Waals surface area contributed by atoms with Gasteiger partial charge in [-0.3, -0.25) is 9.13 Å². The van der Waals surface area contributed by atoms with Crippen molar-refractivity contribution in [3.8, 4) is 5.75 Å². The predicted octanol–water partition coefficient (Wildman–Crippen LogP) is 1.30. The largest absolute Gasteiger partial charge is 0.491 e. The zero-order valence-electron chi connectivity index (χ0n) is 18.9. The van der Waals surface area contributed by atoms with E-state index in [1.165, 1.54) is 42.5 Å². The SMILES string of the molecule is CCn1c(=O)n(CC(O)COc2ccc(C(=O)OC)cc2)c2cc(S(=O)(=O)N(C)C)ccc21. The van der Waals surface area contributed by atoms with E-state index >= 15 is 0 Å². The van der Waals surface area contributed by atoms with Crippen molar-refractivity contribution in [3.05, 3.63) is 58.5 Å². The van der Waals surface area contributed by atoms with Gasteiger partial charge in [-0.25, -0.2) is 22.3 Å². The van der Waals surface area contributed by atoms with Gasteiger partial charge in [0.15, 0.2) is 0 Å². The van der Waals surface area contributed by atoms with E-state index in [4.69, 9.17) is 4.74 Å². The molecule has 0 saturated heterocycles. The number of nitrogens with zero attached hydrogens (tertiary/aromatic N) is 3. The maximum absolute atomic E-state index is 12.9. The summed E-state index contributed by atoms with van der Waals surface area (Å²) in [6.07, 6.45) is -1.05. The molecule has 0 radical (unpaired) electrons. The smallest absolute Gasteiger partial charge is 0.337 e. The second kappa shape index (κ2) is 9.77. The average Bonchev–Trinajstić information content (AvgIpc) is 3.07. The molecule has 0 aliphatic rings. The number of rotatable bonds is 9. The van der Waals surface area contributed by atoms with E-state index in [0.29, 0.717) is 28.9 Å². The van der Waals surface area contributed by atoms with Crippen LogP contribution in [0.5, 0.6) is 5.75 Å². The molecule has 1 aromatic heterocycles. The van der Waals surface area contributed by atoms with Gasteiger partial charge in [-0.1, -0.05) is 0 Å². The van der Waals surface area contributed by atoms with Crippen molar-refractivity contribution in [3.63, 3.8) is 0 Å². The first-order chi connectivity index (χ1) is 15.6. The summed E-state index contributed by atoms with van der Waals surface area (Å²) in [5.41, 5.74) is 0.999. The molecule has 2 aromatic carbocycles. The number of aliphatic hydroxyl groups excluding tert-OH is 1. The number of hydrogen-bond acceptors (Lipinski definition) is 7. The number of fused-ring (bicyclic) bond motifs is 1. The molecule has 1 unspecified atom stereocenters. The van der Waals surface area contributed by atoms with Crippen LogP contribution in [0.15, 0.2) is 52.2 Å². The van der Waals surface area contributed by atoms with Crippen molar-refractivity contribution in [2.24, 2.45) is 0 Å². The van der Waals surface area contributed by atoms with E-state index in [2.05, 4.69) is 4.74 Å². The van der Waals surface area contributed by atoms with E-state index < -0.39 is 22.1 Å². The number of imidazole rings is 1. The third-order valence-electron chi connectivity index (χ3n) is 5.20. The quantitative estimate of drug-likeness (QED) is 0.461. The topological polar surface area (TPSA) is 120 Å². The Hall–Kier alpha value is -3.15. The summed E-state index contributed by atoms with van der Waals surface area (Å²) < 4.78 is 39.3. The van der Waals surface area contributed by atoms with E-state index in [1.54, 1.807) is 30.3 Å². The minimum absolute atomic E-state index is 0.0541. The highest BCUT2D eigenvalue weighted by molar-refractivity contribution is 7.89. The maximum Gasteiger partial charge on any atom is 0.337 e. The number of methoxy groups -OCH3 is 1. The summed E-state index contributed by atoms with van der Waals surface area (Å²) in [6.45, 7) is 2.00. The lowest BCUT2D eigenvalue weighted by Crippen LogP contribution is -2.31. The molecule has 0 spiro atoms. The van der Waals surface area contributed by atoms with Crippen LogP contribution in [0.1, 0.15) is 17.3 Å². The number of aromatic nitrogens is 2. The zero-order chi connectivity index (χ0) is 24.3. The van der Waals surface area contributed by atoms with Crippen molar-refractivity contribution >= 4 is 27.0 Å². The van der Waals surface area contributed by atoms with Crippen LogP contribution in [0, 0.1) is 0 Å². The molecule has 1 atom stereocenters. The molecule has 0 fully saturated rings. The first-order valence-corrected chi connectivity index (χ1v) is 11.7. The molecule has 3 aromatic rings. The zero-order valence-corrected chi connectivity index (χ0v) is 19.7. The van der Waals surface area contributed by atoms with Crippen LogP contribution in [0.3, 0.4) is 0 Å². The number of esters is 1. The second-order valence-electron chi connectivity index (χ2n) is 7.56. The third kappa shape index (κ3) is 4.95. The molecule has 3 rings (SSSR count). The predicted molar refractivity (Wildman–Crippen MR) is 122 cm³/mol. The van der Waals surface area contributed by atoms with Crippen LogP contribution in [0.2, 0.25) is 0 Å². The highest BCUT2D eigenvalue weighted by Crippen LogP contribution is 2.21. The van der Waals surface area contributed by atoms with Crippen molar-refractivity contribution in [1.82, 2.24) is 13.4 Å². The monoisotopic (exact) mass is 477 g/mol. The number of aliphatic hydroxyl groups is 1. The van der Waals surface area contributed by atoms with Gasteiger partial charge in [0, 0.05) is 20.6 Å². The Morgan fingerprint density at radius 1 is 1.09 bits per heavy atom. The number of hydrogen-bond donors (Lipinski definition) is 1. The number of carbonyl (C=O) groups excluding carboxylic acids is 1. The highest BCUT2D eigenvalue weighted by atomic mass is 32.2. The molecule has 0 aliphatic heterocycles. The molecule has 0 saturated carbocycles. The fourth-order valence-electron chi connectivity index (χ4n) is 3.41. The number of ether oxygens (including phenoxy) is 2. The van der Waals surface area contributed by atoms with Gasteiger partial charge >= 0.3 is 11.7 Å². The van der Waals surface area contributed by atoms with Crippen LogP contribution in [-0.2, 0) is 27.8 Å². The lowest BCUT2D eigenvalue weighted by Gasteiger charge is -2.14. The van der Waals surface area contributed by atoms with Crippen LogP contribution in [0.25, 0.3) is 11.0 Å². The molecule has 10 nitrogen and oxygen atoms in total. The van der Waals surface area contributed by atoms with Gasteiger partial charge in [0.1, 0.15) is 18.5 Å².